The molecule has 0 heterocycles. The number of esters is 1. The highest BCUT2D eigenvalue weighted by molar-refractivity contribution is 5.90. The maximum atomic E-state index is 13.5. The monoisotopic (exact) mass is 518 g/mol. The highest BCUT2D eigenvalue weighted by atomic mass is 16.6. The number of hydrogen-bond donors (Lipinski definition) is 2. The summed E-state index contributed by atoms with van der Waals surface area (Å²) in [6, 6.07) is 21.5. The molecule has 0 aliphatic rings. The molecule has 0 saturated heterocycles. The van der Waals surface area contributed by atoms with Gasteiger partial charge in [-0.25, -0.2) is 9.59 Å². The van der Waals surface area contributed by atoms with E-state index < -0.39 is 35.7 Å². The van der Waals surface area contributed by atoms with Crippen LogP contribution < -0.4 is 10.6 Å². The van der Waals surface area contributed by atoms with Gasteiger partial charge in [0.15, 0.2) is 0 Å². The van der Waals surface area contributed by atoms with Crippen molar-refractivity contribution in [3.63, 3.8) is 0 Å². The summed E-state index contributed by atoms with van der Waals surface area (Å²) in [5, 5.41) is 7.65. The molecule has 0 unspecified atom stereocenters. The predicted molar refractivity (Wildman–Crippen MR) is 149 cm³/mol. The van der Waals surface area contributed by atoms with Crippen molar-refractivity contribution in [2.24, 2.45) is 0 Å². The van der Waals surface area contributed by atoms with Crippen molar-refractivity contribution in [1.82, 2.24) is 10.6 Å². The number of hydrogen-bond acceptors (Lipinski definition) is 5. The van der Waals surface area contributed by atoms with Gasteiger partial charge in [0.1, 0.15) is 24.3 Å². The second kappa shape index (κ2) is 13.6. The van der Waals surface area contributed by atoms with Gasteiger partial charge in [0.2, 0.25) is 5.91 Å². The maximum Gasteiger partial charge on any atom is 0.408 e. The Morgan fingerprint density at radius 1 is 0.816 bits per heavy atom. The Labute approximate surface area is 224 Å². The topological polar surface area (TPSA) is 93.7 Å². The number of nitrogens with one attached hydrogen (secondary N) is 2. The Morgan fingerprint density at radius 2 is 1.50 bits per heavy atom. The lowest BCUT2D eigenvalue weighted by molar-refractivity contribution is -0.149. The molecule has 0 radical (unpaired) electrons. The van der Waals surface area contributed by atoms with E-state index in [1.54, 1.807) is 20.8 Å². The van der Waals surface area contributed by atoms with Crippen LogP contribution in [0, 0.1) is 0 Å². The van der Waals surface area contributed by atoms with Crippen LogP contribution in [0.5, 0.6) is 0 Å². The van der Waals surface area contributed by atoms with Gasteiger partial charge in [0.05, 0.1) is 0 Å². The minimum Gasteiger partial charge on any atom is -0.459 e. The normalized spacial score (nSPS) is 12.8. The molecule has 3 aromatic rings. The summed E-state index contributed by atoms with van der Waals surface area (Å²) in [6.45, 7) is 7.41. The van der Waals surface area contributed by atoms with Crippen molar-refractivity contribution in [3.05, 3.63) is 83.9 Å². The summed E-state index contributed by atoms with van der Waals surface area (Å²) in [5.74, 6) is -0.973. The van der Waals surface area contributed by atoms with Crippen LogP contribution in [0.1, 0.15) is 58.1 Å². The number of fused-ring (bicyclic) bond motifs is 1. The van der Waals surface area contributed by atoms with Crippen LogP contribution in [0.2, 0.25) is 0 Å². The van der Waals surface area contributed by atoms with Gasteiger partial charge in [0, 0.05) is 6.42 Å². The summed E-state index contributed by atoms with van der Waals surface area (Å²) >= 11 is 0. The highest BCUT2D eigenvalue weighted by Gasteiger charge is 2.29. The SMILES string of the molecule is CCCC[C@@H](NC(=O)[C@@H](Cc1ccc2ccccc2c1)NC(=O)OC(C)(C)C)C(=O)OCc1ccccc1. The van der Waals surface area contributed by atoms with Gasteiger partial charge < -0.3 is 20.1 Å². The van der Waals surface area contributed by atoms with Gasteiger partial charge in [-0.2, -0.15) is 0 Å². The molecule has 7 nitrogen and oxygen atoms in total. The fourth-order valence-corrected chi connectivity index (χ4v) is 4.02. The van der Waals surface area contributed by atoms with E-state index in [4.69, 9.17) is 9.47 Å². The molecule has 0 saturated carbocycles. The predicted octanol–water partition coefficient (Wildman–Crippen LogP) is 5.69. The lowest BCUT2D eigenvalue weighted by Crippen LogP contribution is -2.53. The molecule has 2 atom stereocenters. The summed E-state index contributed by atoms with van der Waals surface area (Å²) < 4.78 is 10.9. The average molecular weight is 519 g/mol. The van der Waals surface area contributed by atoms with Crippen molar-refractivity contribution in [1.29, 1.82) is 0 Å². The smallest absolute Gasteiger partial charge is 0.408 e. The molecule has 38 heavy (non-hydrogen) atoms. The summed E-state index contributed by atoms with van der Waals surface area (Å²) in [4.78, 5) is 39.0. The van der Waals surface area contributed by atoms with E-state index in [-0.39, 0.29) is 13.0 Å². The Balaban J connectivity index is 1.76. The minimum absolute atomic E-state index is 0.120. The molecule has 0 aliphatic heterocycles. The molecule has 0 bridgehead atoms. The molecular weight excluding hydrogens is 480 g/mol. The first kappa shape index (κ1) is 28.7. The number of rotatable bonds is 11. The fourth-order valence-electron chi connectivity index (χ4n) is 4.02. The zero-order valence-corrected chi connectivity index (χ0v) is 22.7. The largest absolute Gasteiger partial charge is 0.459 e. The summed E-state index contributed by atoms with van der Waals surface area (Å²) in [5.41, 5.74) is 1.01. The molecule has 3 aromatic carbocycles. The molecule has 2 N–H and O–H groups in total. The number of carbonyl (C=O) groups is 3. The van der Waals surface area contributed by atoms with Gasteiger partial charge in [-0.05, 0) is 49.1 Å². The number of unbranched alkanes of at least 4 members (excludes halogenated alkanes) is 1. The molecule has 0 fully saturated rings. The van der Waals surface area contributed by atoms with Crippen molar-refractivity contribution >= 4 is 28.7 Å². The molecule has 0 spiro atoms. The first-order chi connectivity index (χ1) is 18.1. The van der Waals surface area contributed by atoms with Crippen molar-refractivity contribution in [3.8, 4) is 0 Å². The second-order valence-corrected chi connectivity index (χ2v) is 10.4. The average Bonchev–Trinajstić information content (AvgIpc) is 2.88. The first-order valence-electron chi connectivity index (χ1n) is 13.1. The van der Waals surface area contributed by atoms with Gasteiger partial charge in [-0.15, -0.1) is 0 Å². The van der Waals surface area contributed by atoms with Gasteiger partial charge in [-0.1, -0.05) is 92.6 Å². The van der Waals surface area contributed by atoms with Crippen LogP contribution in [0.3, 0.4) is 0 Å². The first-order valence-corrected chi connectivity index (χ1v) is 13.1. The van der Waals surface area contributed by atoms with E-state index in [9.17, 15) is 14.4 Å². The fraction of sp³-hybridized carbons (Fsp3) is 0.387. The number of alkyl carbamates (subject to hydrolysis) is 1. The third kappa shape index (κ3) is 9.21. The van der Waals surface area contributed by atoms with E-state index in [0.717, 1.165) is 34.7 Å². The quantitative estimate of drug-likeness (QED) is 0.318. The van der Waals surface area contributed by atoms with Crippen molar-refractivity contribution in [2.75, 3.05) is 0 Å². The van der Waals surface area contributed by atoms with E-state index in [1.165, 1.54) is 0 Å². The molecular formula is C31H38N2O5. The third-order valence-electron chi connectivity index (χ3n) is 5.93. The molecule has 2 amide bonds. The molecule has 0 aliphatic carbocycles. The van der Waals surface area contributed by atoms with Crippen LogP contribution in [0.4, 0.5) is 4.79 Å². The van der Waals surface area contributed by atoms with Crippen LogP contribution in [-0.2, 0) is 32.1 Å². The number of ether oxygens (including phenoxy) is 2. The molecule has 0 aromatic heterocycles. The van der Waals surface area contributed by atoms with Gasteiger partial charge in [0.25, 0.3) is 0 Å². The molecule has 7 heteroatoms. The van der Waals surface area contributed by atoms with E-state index in [0.29, 0.717) is 6.42 Å². The van der Waals surface area contributed by atoms with Crippen molar-refractivity contribution in [2.45, 2.75) is 77.7 Å². The summed E-state index contributed by atoms with van der Waals surface area (Å²) in [6.07, 6.45) is 1.56. The van der Waals surface area contributed by atoms with Crippen molar-refractivity contribution < 1.29 is 23.9 Å². The highest BCUT2D eigenvalue weighted by Crippen LogP contribution is 2.17. The zero-order valence-electron chi connectivity index (χ0n) is 22.7. The van der Waals surface area contributed by atoms with E-state index in [1.807, 2.05) is 79.7 Å². The number of carbonyl (C=O) groups excluding carboxylic acids is 3. The van der Waals surface area contributed by atoms with Crippen LogP contribution in [0.15, 0.2) is 72.8 Å². The van der Waals surface area contributed by atoms with E-state index in [2.05, 4.69) is 10.6 Å². The van der Waals surface area contributed by atoms with E-state index >= 15 is 0 Å². The standard InChI is InChI=1S/C31H38N2O5/c1-5-6-16-26(29(35)37-21-22-12-8-7-9-13-22)32-28(34)27(33-30(36)38-31(2,3)4)20-23-17-18-24-14-10-11-15-25(24)19-23/h7-15,17-19,26-27H,5-6,16,20-21H2,1-4H3,(H,32,34)(H,33,36)/t26-,27-/m1/s1. The van der Waals surface area contributed by atoms with Gasteiger partial charge >= 0.3 is 12.1 Å². The Kier molecular flexibility index (Phi) is 10.3. The minimum atomic E-state index is -0.947. The Bertz CT molecular complexity index is 1220. The van der Waals surface area contributed by atoms with Crippen LogP contribution in [-0.4, -0.2) is 35.7 Å². The Hall–Kier alpha value is -3.87. The zero-order chi connectivity index (χ0) is 27.5. The molecule has 3 rings (SSSR count). The Morgan fingerprint density at radius 3 is 2.18 bits per heavy atom. The second-order valence-electron chi connectivity index (χ2n) is 10.4. The summed E-state index contributed by atoms with van der Waals surface area (Å²) in [7, 11) is 0. The number of benzene rings is 3. The van der Waals surface area contributed by atoms with Crippen LogP contribution in [0.25, 0.3) is 10.8 Å². The molecule has 202 valence electrons. The lowest BCUT2D eigenvalue weighted by atomic mass is 10.0. The maximum absolute atomic E-state index is 13.5. The van der Waals surface area contributed by atoms with Crippen LogP contribution >= 0.6 is 0 Å². The lowest BCUT2D eigenvalue weighted by Gasteiger charge is -2.25. The van der Waals surface area contributed by atoms with Gasteiger partial charge in [-0.3, -0.25) is 4.79 Å². The third-order valence-corrected chi connectivity index (χ3v) is 5.93. The number of amides is 2.